The van der Waals surface area contributed by atoms with Crippen LogP contribution < -0.4 is 5.32 Å². The average Bonchev–Trinajstić information content (AvgIpc) is 2.25. The molecule has 16 heavy (non-hydrogen) atoms. The molecule has 0 aromatic carbocycles. The summed E-state index contributed by atoms with van der Waals surface area (Å²) in [6.07, 6.45) is 2.16. The van der Waals surface area contributed by atoms with Crippen LogP contribution in [0.15, 0.2) is 0 Å². The molecular weight excluding hydrogens is 226 g/mol. The number of halogens is 1. The molecule has 0 aliphatic rings. The number of hydrogen-bond donors (Lipinski definition) is 1. The van der Waals surface area contributed by atoms with E-state index in [9.17, 15) is 0 Å². The summed E-state index contributed by atoms with van der Waals surface area (Å²) in [5.41, 5.74) is 0. The van der Waals surface area contributed by atoms with Crippen LogP contribution in [0.3, 0.4) is 0 Å². The van der Waals surface area contributed by atoms with Gasteiger partial charge < -0.3 is 14.8 Å². The van der Waals surface area contributed by atoms with Crippen LogP contribution in [0.2, 0.25) is 0 Å². The average molecular weight is 252 g/mol. The highest BCUT2D eigenvalue weighted by Crippen LogP contribution is 2.05. The molecular formula is C12H26ClNO2. The molecule has 1 N–H and O–H groups in total. The van der Waals surface area contributed by atoms with Crippen LogP contribution in [0.4, 0.5) is 0 Å². The Morgan fingerprint density at radius 1 is 1.19 bits per heavy atom. The number of methoxy groups -OCH3 is 1. The number of rotatable bonds is 11. The molecule has 0 saturated heterocycles. The van der Waals surface area contributed by atoms with E-state index in [1.54, 1.807) is 7.11 Å². The van der Waals surface area contributed by atoms with Gasteiger partial charge in [-0.1, -0.05) is 13.8 Å². The highest BCUT2D eigenvalue weighted by Gasteiger charge is 2.07. The van der Waals surface area contributed by atoms with E-state index >= 15 is 0 Å². The zero-order valence-corrected chi connectivity index (χ0v) is 11.6. The first-order valence-electron chi connectivity index (χ1n) is 6.06. The van der Waals surface area contributed by atoms with Gasteiger partial charge in [-0.15, -0.1) is 11.6 Å². The van der Waals surface area contributed by atoms with Gasteiger partial charge in [-0.3, -0.25) is 0 Å². The molecule has 0 aliphatic heterocycles. The Bertz CT molecular complexity index is 145. The van der Waals surface area contributed by atoms with Crippen LogP contribution in [0.1, 0.15) is 26.7 Å². The Morgan fingerprint density at radius 3 is 2.50 bits per heavy atom. The Morgan fingerprint density at radius 2 is 1.94 bits per heavy atom. The Hall–Kier alpha value is 0.170. The molecule has 1 atom stereocenters. The topological polar surface area (TPSA) is 30.5 Å². The minimum absolute atomic E-state index is 0.431. The van der Waals surface area contributed by atoms with Gasteiger partial charge in [-0.05, 0) is 25.3 Å². The molecule has 0 bridgehead atoms. The van der Waals surface area contributed by atoms with Crippen molar-refractivity contribution in [3.8, 4) is 0 Å². The maximum Gasteiger partial charge on any atom is 0.0700 e. The van der Waals surface area contributed by atoms with Crippen molar-refractivity contribution in [1.29, 1.82) is 0 Å². The molecule has 0 fully saturated rings. The second kappa shape index (κ2) is 11.6. The number of alkyl halides is 1. The molecule has 4 heteroatoms. The van der Waals surface area contributed by atoms with Crippen molar-refractivity contribution in [3.05, 3.63) is 0 Å². The molecule has 0 saturated carbocycles. The van der Waals surface area contributed by atoms with E-state index in [-0.39, 0.29) is 0 Å². The van der Waals surface area contributed by atoms with E-state index < -0.39 is 0 Å². The first-order chi connectivity index (χ1) is 7.70. The van der Waals surface area contributed by atoms with Crippen LogP contribution in [0.25, 0.3) is 0 Å². The van der Waals surface area contributed by atoms with E-state index in [1.807, 2.05) is 0 Å². The summed E-state index contributed by atoms with van der Waals surface area (Å²) in [6, 6.07) is 0.431. The predicted molar refractivity (Wildman–Crippen MR) is 69.3 cm³/mol. The number of nitrogens with one attached hydrogen (secondary N) is 1. The minimum Gasteiger partial charge on any atom is -0.382 e. The van der Waals surface area contributed by atoms with Crippen molar-refractivity contribution in [2.75, 3.05) is 39.4 Å². The quantitative estimate of drug-likeness (QED) is 0.452. The first kappa shape index (κ1) is 16.2. The molecule has 1 unspecified atom stereocenters. The lowest BCUT2D eigenvalue weighted by Gasteiger charge is -2.17. The lowest BCUT2D eigenvalue weighted by atomic mass is 10.1. The predicted octanol–water partition coefficient (Wildman–Crippen LogP) is 2.28. The molecule has 0 aliphatic carbocycles. The van der Waals surface area contributed by atoms with Crippen LogP contribution >= 0.6 is 11.6 Å². The SMILES string of the molecule is COCCOCCCNC(CCl)CC(C)C. The molecule has 0 radical (unpaired) electrons. The highest BCUT2D eigenvalue weighted by atomic mass is 35.5. The monoisotopic (exact) mass is 251 g/mol. The van der Waals surface area contributed by atoms with Gasteiger partial charge in [0.25, 0.3) is 0 Å². The standard InChI is InChI=1S/C12H26ClNO2/c1-11(2)9-12(10-13)14-5-4-6-16-8-7-15-3/h11-12,14H,4-10H2,1-3H3. The largest absolute Gasteiger partial charge is 0.382 e. The maximum absolute atomic E-state index is 5.88. The second-order valence-electron chi connectivity index (χ2n) is 4.39. The summed E-state index contributed by atoms with van der Waals surface area (Å²) in [5, 5.41) is 3.45. The molecule has 0 rings (SSSR count). The van der Waals surface area contributed by atoms with Gasteiger partial charge in [0.05, 0.1) is 13.2 Å². The van der Waals surface area contributed by atoms with Gasteiger partial charge in [0, 0.05) is 25.6 Å². The summed E-state index contributed by atoms with van der Waals surface area (Å²) >= 11 is 5.88. The van der Waals surface area contributed by atoms with Gasteiger partial charge in [0.2, 0.25) is 0 Å². The summed E-state index contributed by atoms with van der Waals surface area (Å²) < 4.78 is 10.3. The Kier molecular flexibility index (Phi) is 11.8. The van der Waals surface area contributed by atoms with Crippen molar-refractivity contribution in [2.45, 2.75) is 32.7 Å². The van der Waals surface area contributed by atoms with Crippen molar-refractivity contribution in [2.24, 2.45) is 5.92 Å². The summed E-state index contributed by atoms with van der Waals surface area (Å²) in [4.78, 5) is 0. The third-order valence-corrected chi connectivity index (χ3v) is 2.64. The van der Waals surface area contributed by atoms with Gasteiger partial charge in [0.1, 0.15) is 0 Å². The third-order valence-electron chi connectivity index (χ3n) is 2.27. The van der Waals surface area contributed by atoms with Crippen molar-refractivity contribution in [3.63, 3.8) is 0 Å². The smallest absolute Gasteiger partial charge is 0.0700 e. The fraction of sp³-hybridized carbons (Fsp3) is 1.00. The summed E-state index contributed by atoms with van der Waals surface area (Å²) in [5.74, 6) is 1.37. The van der Waals surface area contributed by atoms with E-state index in [1.165, 1.54) is 0 Å². The first-order valence-corrected chi connectivity index (χ1v) is 6.60. The molecule has 0 aromatic rings. The molecule has 0 aromatic heterocycles. The number of ether oxygens (including phenoxy) is 2. The Labute approximate surface area is 105 Å². The van der Waals surface area contributed by atoms with Gasteiger partial charge in [-0.2, -0.15) is 0 Å². The van der Waals surface area contributed by atoms with Crippen molar-refractivity contribution in [1.82, 2.24) is 5.32 Å². The van der Waals surface area contributed by atoms with E-state index in [0.29, 0.717) is 31.1 Å². The van der Waals surface area contributed by atoms with Crippen molar-refractivity contribution < 1.29 is 9.47 Å². The highest BCUT2D eigenvalue weighted by molar-refractivity contribution is 6.18. The zero-order chi connectivity index (χ0) is 12.2. The summed E-state index contributed by atoms with van der Waals surface area (Å²) in [6.45, 7) is 7.54. The van der Waals surface area contributed by atoms with E-state index in [4.69, 9.17) is 21.1 Å². The van der Waals surface area contributed by atoms with Gasteiger partial charge in [0.15, 0.2) is 0 Å². The third kappa shape index (κ3) is 10.7. The van der Waals surface area contributed by atoms with Crippen LogP contribution in [-0.2, 0) is 9.47 Å². The normalized spacial score (nSPS) is 13.3. The number of hydrogen-bond acceptors (Lipinski definition) is 3. The minimum atomic E-state index is 0.431. The Balaban J connectivity index is 3.27. The molecule has 98 valence electrons. The molecule has 0 spiro atoms. The molecule has 3 nitrogen and oxygen atoms in total. The maximum atomic E-state index is 5.88. The summed E-state index contributed by atoms with van der Waals surface area (Å²) in [7, 11) is 1.68. The van der Waals surface area contributed by atoms with Crippen LogP contribution in [-0.4, -0.2) is 45.4 Å². The van der Waals surface area contributed by atoms with Crippen LogP contribution in [0.5, 0.6) is 0 Å². The van der Waals surface area contributed by atoms with Crippen LogP contribution in [0, 0.1) is 5.92 Å². The fourth-order valence-electron chi connectivity index (χ4n) is 1.49. The van der Waals surface area contributed by atoms with Gasteiger partial charge in [-0.25, -0.2) is 0 Å². The lowest BCUT2D eigenvalue weighted by molar-refractivity contribution is 0.0692. The van der Waals surface area contributed by atoms with Gasteiger partial charge >= 0.3 is 0 Å². The second-order valence-corrected chi connectivity index (χ2v) is 4.70. The van der Waals surface area contributed by atoms with E-state index in [2.05, 4.69) is 19.2 Å². The van der Waals surface area contributed by atoms with E-state index in [0.717, 1.165) is 26.0 Å². The zero-order valence-electron chi connectivity index (χ0n) is 10.8. The fourth-order valence-corrected chi connectivity index (χ4v) is 1.73. The molecule has 0 amide bonds. The lowest BCUT2D eigenvalue weighted by Crippen LogP contribution is -2.33. The molecule has 0 heterocycles. The van der Waals surface area contributed by atoms with Crippen molar-refractivity contribution >= 4 is 11.6 Å².